The Morgan fingerprint density at radius 2 is 1.85 bits per heavy atom. The highest BCUT2D eigenvalue weighted by Gasteiger charge is 2.13. The van der Waals surface area contributed by atoms with Crippen LogP contribution < -0.4 is 15.2 Å². The van der Waals surface area contributed by atoms with Crippen molar-refractivity contribution in [2.75, 3.05) is 39.6 Å². The lowest BCUT2D eigenvalue weighted by Gasteiger charge is -2.26. The number of likely N-dealkylation sites (tertiary alicyclic amines) is 1. The molecule has 4 nitrogen and oxygen atoms in total. The van der Waals surface area contributed by atoms with E-state index in [9.17, 15) is 0 Å². The van der Waals surface area contributed by atoms with E-state index in [2.05, 4.69) is 4.90 Å². The third-order valence-electron chi connectivity index (χ3n) is 3.95. The van der Waals surface area contributed by atoms with Crippen LogP contribution in [0.15, 0.2) is 12.1 Å². The van der Waals surface area contributed by atoms with Crippen LogP contribution in [0.1, 0.15) is 31.2 Å². The summed E-state index contributed by atoms with van der Waals surface area (Å²) in [4.78, 5) is 2.56. The maximum absolute atomic E-state index is 5.93. The number of nitrogens with zero attached hydrogens (tertiary/aromatic N) is 1. The lowest BCUT2D eigenvalue weighted by molar-refractivity contribution is 0.226. The number of benzene rings is 1. The Morgan fingerprint density at radius 1 is 1.10 bits per heavy atom. The number of hydrogen-bond donors (Lipinski definition) is 1. The van der Waals surface area contributed by atoms with Gasteiger partial charge in [0.1, 0.15) is 0 Å². The molecule has 0 atom stereocenters. The van der Waals surface area contributed by atoms with Crippen molar-refractivity contribution in [1.82, 2.24) is 4.90 Å². The first kappa shape index (κ1) is 15.0. The van der Waals surface area contributed by atoms with Crippen LogP contribution in [0.3, 0.4) is 0 Å². The Kier molecular flexibility index (Phi) is 5.53. The number of nitrogens with two attached hydrogens (primary N) is 1. The van der Waals surface area contributed by atoms with Crippen molar-refractivity contribution in [3.8, 4) is 11.5 Å². The SMILES string of the molecule is COc1cc(N)cc(CCCN2CCCCC2)c1OC. The zero-order chi connectivity index (χ0) is 14.4. The van der Waals surface area contributed by atoms with Gasteiger partial charge in [-0.1, -0.05) is 6.42 Å². The van der Waals surface area contributed by atoms with Gasteiger partial charge in [0, 0.05) is 17.3 Å². The van der Waals surface area contributed by atoms with E-state index in [0.717, 1.165) is 42.1 Å². The number of ether oxygens (including phenoxy) is 2. The van der Waals surface area contributed by atoms with Crippen molar-refractivity contribution in [1.29, 1.82) is 0 Å². The first-order chi connectivity index (χ1) is 9.74. The molecule has 1 aromatic rings. The van der Waals surface area contributed by atoms with Crippen LogP contribution >= 0.6 is 0 Å². The quantitative estimate of drug-likeness (QED) is 0.813. The highest BCUT2D eigenvalue weighted by molar-refractivity contribution is 5.57. The summed E-state index contributed by atoms with van der Waals surface area (Å²) >= 11 is 0. The molecule has 1 heterocycles. The minimum atomic E-state index is 0.723. The van der Waals surface area contributed by atoms with E-state index in [4.69, 9.17) is 15.2 Å². The second-order valence-electron chi connectivity index (χ2n) is 5.42. The van der Waals surface area contributed by atoms with Crippen molar-refractivity contribution >= 4 is 5.69 Å². The van der Waals surface area contributed by atoms with Gasteiger partial charge in [-0.15, -0.1) is 0 Å². The van der Waals surface area contributed by atoms with E-state index in [1.807, 2.05) is 12.1 Å². The van der Waals surface area contributed by atoms with Gasteiger partial charge in [0.25, 0.3) is 0 Å². The zero-order valence-corrected chi connectivity index (χ0v) is 12.7. The van der Waals surface area contributed by atoms with Gasteiger partial charge < -0.3 is 20.1 Å². The molecule has 0 radical (unpaired) electrons. The van der Waals surface area contributed by atoms with Gasteiger partial charge >= 0.3 is 0 Å². The van der Waals surface area contributed by atoms with Crippen molar-refractivity contribution in [3.63, 3.8) is 0 Å². The van der Waals surface area contributed by atoms with Crippen LogP contribution in [0, 0.1) is 0 Å². The molecule has 1 aliphatic rings. The average molecular weight is 278 g/mol. The van der Waals surface area contributed by atoms with E-state index >= 15 is 0 Å². The molecule has 0 saturated carbocycles. The van der Waals surface area contributed by atoms with Crippen LogP contribution in [0.5, 0.6) is 11.5 Å². The van der Waals surface area contributed by atoms with Gasteiger partial charge in [-0.2, -0.15) is 0 Å². The molecule has 1 fully saturated rings. The van der Waals surface area contributed by atoms with Gasteiger partial charge in [0.05, 0.1) is 14.2 Å². The molecule has 0 aliphatic carbocycles. The van der Waals surface area contributed by atoms with Crippen molar-refractivity contribution < 1.29 is 9.47 Å². The van der Waals surface area contributed by atoms with E-state index < -0.39 is 0 Å². The van der Waals surface area contributed by atoms with E-state index in [-0.39, 0.29) is 0 Å². The van der Waals surface area contributed by atoms with Crippen LogP contribution in [0.25, 0.3) is 0 Å². The fourth-order valence-electron chi connectivity index (χ4n) is 2.93. The number of hydrogen-bond acceptors (Lipinski definition) is 4. The summed E-state index contributed by atoms with van der Waals surface area (Å²) in [7, 11) is 3.33. The average Bonchev–Trinajstić information content (AvgIpc) is 2.47. The fraction of sp³-hybridized carbons (Fsp3) is 0.625. The van der Waals surface area contributed by atoms with Crippen molar-refractivity contribution in [2.24, 2.45) is 0 Å². The molecule has 4 heteroatoms. The Bertz CT molecular complexity index is 429. The predicted octanol–water partition coefficient (Wildman–Crippen LogP) is 2.70. The molecule has 1 saturated heterocycles. The summed E-state index contributed by atoms with van der Waals surface area (Å²) in [5.74, 6) is 1.54. The first-order valence-corrected chi connectivity index (χ1v) is 7.47. The van der Waals surface area contributed by atoms with Crippen LogP contribution in [0.4, 0.5) is 5.69 Å². The second kappa shape index (κ2) is 7.39. The third-order valence-corrected chi connectivity index (χ3v) is 3.95. The minimum absolute atomic E-state index is 0.723. The van der Waals surface area contributed by atoms with E-state index in [0.29, 0.717) is 0 Å². The highest BCUT2D eigenvalue weighted by atomic mass is 16.5. The number of rotatable bonds is 6. The lowest BCUT2D eigenvalue weighted by atomic mass is 10.1. The molecule has 2 N–H and O–H groups in total. The largest absolute Gasteiger partial charge is 0.493 e. The smallest absolute Gasteiger partial charge is 0.164 e. The monoisotopic (exact) mass is 278 g/mol. The van der Waals surface area contributed by atoms with Crippen molar-refractivity contribution in [3.05, 3.63) is 17.7 Å². The standard InChI is InChI=1S/C16H26N2O2/c1-19-15-12-14(17)11-13(16(15)20-2)7-6-10-18-8-4-3-5-9-18/h11-12H,3-10,17H2,1-2H3. The number of piperidine rings is 1. The molecular formula is C16H26N2O2. The molecule has 0 unspecified atom stereocenters. The molecule has 0 bridgehead atoms. The maximum Gasteiger partial charge on any atom is 0.164 e. The molecule has 20 heavy (non-hydrogen) atoms. The Balaban J connectivity index is 1.95. The van der Waals surface area contributed by atoms with Crippen LogP contribution in [-0.2, 0) is 6.42 Å². The molecule has 0 spiro atoms. The molecule has 0 aromatic heterocycles. The molecule has 112 valence electrons. The number of methoxy groups -OCH3 is 2. The zero-order valence-electron chi connectivity index (χ0n) is 12.7. The molecule has 1 aliphatic heterocycles. The predicted molar refractivity (Wildman–Crippen MR) is 82.6 cm³/mol. The summed E-state index contributed by atoms with van der Waals surface area (Å²) in [6.45, 7) is 3.65. The van der Waals surface area contributed by atoms with Gasteiger partial charge in [-0.25, -0.2) is 0 Å². The van der Waals surface area contributed by atoms with Gasteiger partial charge in [-0.3, -0.25) is 0 Å². The summed E-state index contributed by atoms with van der Waals surface area (Å²) in [5, 5.41) is 0. The van der Waals surface area contributed by atoms with E-state index in [1.165, 1.54) is 32.4 Å². The molecular weight excluding hydrogens is 252 g/mol. The topological polar surface area (TPSA) is 47.7 Å². The first-order valence-electron chi connectivity index (χ1n) is 7.47. The molecule has 2 rings (SSSR count). The molecule has 1 aromatic carbocycles. The van der Waals surface area contributed by atoms with Gasteiger partial charge in [0.15, 0.2) is 11.5 Å². The maximum atomic E-state index is 5.93. The Hall–Kier alpha value is -1.42. The number of nitrogen functional groups attached to an aromatic ring is 1. The molecule has 0 amide bonds. The highest BCUT2D eigenvalue weighted by Crippen LogP contribution is 2.34. The number of anilines is 1. The third kappa shape index (κ3) is 3.79. The minimum Gasteiger partial charge on any atom is -0.493 e. The normalized spacial score (nSPS) is 16.1. The number of aryl methyl sites for hydroxylation is 1. The van der Waals surface area contributed by atoms with Crippen molar-refractivity contribution in [2.45, 2.75) is 32.1 Å². The summed E-state index contributed by atoms with van der Waals surface area (Å²) in [6.07, 6.45) is 6.17. The summed E-state index contributed by atoms with van der Waals surface area (Å²) in [6, 6.07) is 3.81. The second-order valence-corrected chi connectivity index (χ2v) is 5.42. The Morgan fingerprint density at radius 3 is 2.50 bits per heavy atom. The fourth-order valence-corrected chi connectivity index (χ4v) is 2.93. The van der Waals surface area contributed by atoms with Gasteiger partial charge in [0.2, 0.25) is 0 Å². The summed E-state index contributed by atoms with van der Waals surface area (Å²) < 4.78 is 10.8. The van der Waals surface area contributed by atoms with Gasteiger partial charge in [-0.05, 0) is 51.4 Å². The van der Waals surface area contributed by atoms with E-state index in [1.54, 1.807) is 14.2 Å². The van der Waals surface area contributed by atoms with Crippen LogP contribution in [0.2, 0.25) is 0 Å². The Labute approximate surface area is 121 Å². The summed E-state index contributed by atoms with van der Waals surface area (Å²) in [5.41, 5.74) is 7.80. The van der Waals surface area contributed by atoms with Crippen LogP contribution in [-0.4, -0.2) is 38.8 Å². The lowest BCUT2D eigenvalue weighted by Crippen LogP contribution is -2.30.